The molecule has 0 spiro atoms. The highest BCUT2D eigenvalue weighted by molar-refractivity contribution is 7.81. The second-order valence-electron chi connectivity index (χ2n) is 7.03. The molecule has 1 aliphatic rings. The molecule has 8 nitrogen and oxygen atoms in total. The first-order valence-corrected chi connectivity index (χ1v) is 11.1. The van der Waals surface area contributed by atoms with Gasteiger partial charge in [0.25, 0.3) is 0 Å². The number of hydrogen-bond acceptors (Lipinski definition) is 5. The Morgan fingerprint density at radius 1 is 1.22 bits per heavy atom. The Morgan fingerprint density at radius 3 is 2.66 bits per heavy atom. The van der Waals surface area contributed by atoms with Crippen LogP contribution in [0.5, 0.6) is 0 Å². The van der Waals surface area contributed by atoms with E-state index in [1.54, 1.807) is 24.5 Å². The van der Waals surface area contributed by atoms with Gasteiger partial charge in [0.05, 0.1) is 23.3 Å². The molecule has 2 aromatic rings. The van der Waals surface area contributed by atoms with E-state index in [9.17, 15) is 27.0 Å². The minimum atomic E-state index is -1.96. The van der Waals surface area contributed by atoms with Crippen molar-refractivity contribution < 1.29 is 27.0 Å². The molecule has 3 rings (SSSR count). The molecule has 0 saturated carbocycles. The van der Waals surface area contributed by atoms with Gasteiger partial charge in [0.1, 0.15) is 23.5 Å². The fraction of sp³-hybridized carbons (Fsp3) is 0.350. The molecule has 0 radical (unpaired) electrons. The predicted molar refractivity (Wildman–Crippen MR) is 111 cm³/mol. The van der Waals surface area contributed by atoms with E-state index < -0.39 is 57.6 Å². The van der Waals surface area contributed by atoms with Crippen LogP contribution in [0.2, 0.25) is 0 Å². The summed E-state index contributed by atoms with van der Waals surface area (Å²) < 4.78 is 55.1. The van der Waals surface area contributed by atoms with Crippen molar-refractivity contribution in [3.8, 4) is 0 Å². The van der Waals surface area contributed by atoms with E-state index in [2.05, 4.69) is 20.9 Å². The van der Waals surface area contributed by atoms with Crippen LogP contribution in [0.4, 0.5) is 13.2 Å². The van der Waals surface area contributed by atoms with Crippen LogP contribution in [0.3, 0.4) is 0 Å². The van der Waals surface area contributed by atoms with Crippen molar-refractivity contribution >= 4 is 22.8 Å². The molecule has 2 heterocycles. The molecule has 32 heavy (non-hydrogen) atoms. The van der Waals surface area contributed by atoms with Gasteiger partial charge in [-0.05, 0) is 11.6 Å². The summed E-state index contributed by atoms with van der Waals surface area (Å²) in [6, 6.07) is 3.64. The number of piperazine rings is 1. The van der Waals surface area contributed by atoms with E-state index in [0.29, 0.717) is 18.7 Å². The van der Waals surface area contributed by atoms with Crippen molar-refractivity contribution in [3.05, 3.63) is 65.2 Å². The van der Waals surface area contributed by atoms with Crippen molar-refractivity contribution in [2.45, 2.75) is 18.3 Å². The Kier molecular flexibility index (Phi) is 8.31. The predicted octanol–water partition coefficient (Wildman–Crippen LogP) is 0.369. The highest BCUT2D eigenvalue weighted by Gasteiger charge is 2.33. The van der Waals surface area contributed by atoms with Gasteiger partial charge in [-0.1, -0.05) is 6.07 Å². The quantitative estimate of drug-likeness (QED) is 0.519. The number of carbonyl (C=O) groups is 2. The van der Waals surface area contributed by atoms with Gasteiger partial charge < -0.3 is 16.0 Å². The smallest absolute Gasteiger partial charge is 0.240 e. The van der Waals surface area contributed by atoms with Crippen LogP contribution in [-0.4, -0.2) is 57.5 Å². The SMILES string of the molecule is O=C(CNC(=O)C1CNCCN1S(=O)Cc1c(F)cc(F)cc1F)NCc1cccnc1. The highest BCUT2D eigenvalue weighted by Crippen LogP contribution is 2.19. The van der Waals surface area contributed by atoms with Gasteiger partial charge in [0.2, 0.25) is 11.8 Å². The maximum atomic E-state index is 13.9. The Bertz CT molecular complexity index is 973. The van der Waals surface area contributed by atoms with Crippen molar-refractivity contribution in [1.29, 1.82) is 0 Å². The number of rotatable bonds is 8. The fourth-order valence-electron chi connectivity index (χ4n) is 3.12. The van der Waals surface area contributed by atoms with E-state index in [0.717, 1.165) is 5.56 Å². The molecule has 1 saturated heterocycles. The van der Waals surface area contributed by atoms with Gasteiger partial charge in [-0.15, -0.1) is 0 Å². The van der Waals surface area contributed by atoms with E-state index in [4.69, 9.17) is 0 Å². The molecule has 1 aromatic carbocycles. The minimum absolute atomic E-state index is 0.142. The van der Waals surface area contributed by atoms with Gasteiger partial charge in [-0.25, -0.2) is 21.7 Å². The molecule has 2 atom stereocenters. The monoisotopic (exact) mass is 469 g/mol. The van der Waals surface area contributed by atoms with Gasteiger partial charge in [0, 0.05) is 56.3 Å². The second-order valence-corrected chi connectivity index (χ2v) is 8.43. The van der Waals surface area contributed by atoms with Crippen LogP contribution in [0.15, 0.2) is 36.7 Å². The lowest BCUT2D eigenvalue weighted by molar-refractivity contribution is -0.128. The lowest BCUT2D eigenvalue weighted by Crippen LogP contribution is -2.59. The number of halogens is 3. The molecular formula is C20H22F3N5O3S. The van der Waals surface area contributed by atoms with E-state index in [-0.39, 0.29) is 26.2 Å². The summed E-state index contributed by atoms with van der Waals surface area (Å²) in [4.78, 5) is 28.6. The zero-order valence-corrected chi connectivity index (χ0v) is 17.8. The van der Waals surface area contributed by atoms with Crippen LogP contribution in [0.1, 0.15) is 11.1 Å². The maximum Gasteiger partial charge on any atom is 0.240 e. The summed E-state index contributed by atoms with van der Waals surface area (Å²) >= 11 is 0. The lowest BCUT2D eigenvalue weighted by atomic mass is 10.2. The summed E-state index contributed by atoms with van der Waals surface area (Å²) in [7, 11) is -1.96. The fourth-order valence-corrected chi connectivity index (χ4v) is 4.56. The maximum absolute atomic E-state index is 13.9. The summed E-state index contributed by atoms with van der Waals surface area (Å²) in [6.45, 7) is 0.691. The average molecular weight is 469 g/mol. The van der Waals surface area contributed by atoms with E-state index in [1.807, 2.05) is 0 Å². The minimum Gasteiger partial charge on any atom is -0.350 e. The second kappa shape index (κ2) is 11.2. The summed E-state index contributed by atoms with van der Waals surface area (Å²) in [5.41, 5.74) is 0.280. The third-order valence-corrected chi connectivity index (χ3v) is 6.26. The molecule has 3 N–H and O–H groups in total. The van der Waals surface area contributed by atoms with Crippen molar-refractivity contribution in [2.75, 3.05) is 26.2 Å². The zero-order valence-electron chi connectivity index (χ0n) is 16.9. The number of benzene rings is 1. The standard InChI is InChI=1S/C20H22F3N5O3S/c21-14-6-16(22)15(17(23)7-14)12-32(31)28-5-4-25-10-18(28)20(30)27-11-19(29)26-9-13-2-1-3-24-8-13/h1-3,6-8,18,25H,4-5,9-12H2,(H,26,29)(H,27,30). The first-order valence-electron chi connectivity index (χ1n) is 9.77. The Hall–Kier alpha value is -2.83. The van der Waals surface area contributed by atoms with Crippen LogP contribution in [-0.2, 0) is 32.9 Å². The van der Waals surface area contributed by atoms with Gasteiger partial charge in [0.15, 0.2) is 0 Å². The molecular weight excluding hydrogens is 447 g/mol. The summed E-state index contributed by atoms with van der Waals surface area (Å²) in [5.74, 6) is -4.88. The molecule has 1 fully saturated rings. The third kappa shape index (κ3) is 6.34. The topological polar surface area (TPSA) is 103 Å². The summed E-state index contributed by atoms with van der Waals surface area (Å²) in [5, 5.41) is 8.12. The van der Waals surface area contributed by atoms with Crippen LogP contribution >= 0.6 is 0 Å². The van der Waals surface area contributed by atoms with Crippen molar-refractivity contribution in [2.24, 2.45) is 0 Å². The number of hydrogen-bond donors (Lipinski definition) is 3. The van der Waals surface area contributed by atoms with Crippen molar-refractivity contribution in [1.82, 2.24) is 25.2 Å². The largest absolute Gasteiger partial charge is 0.350 e. The molecule has 0 bridgehead atoms. The zero-order chi connectivity index (χ0) is 23.1. The Balaban J connectivity index is 1.56. The van der Waals surface area contributed by atoms with Crippen molar-refractivity contribution in [3.63, 3.8) is 0 Å². The number of pyridine rings is 1. The van der Waals surface area contributed by atoms with E-state index in [1.165, 1.54) is 4.31 Å². The molecule has 2 unspecified atom stereocenters. The third-order valence-electron chi connectivity index (χ3n) is 4.77. The molecule has 2 amide bonds. The van der Waals surface area contributed by atoms with Crippen LogP contribution < -0.4 is 16.0 Å². The Labute approximate surface area is 185 Å². The molecule has 1 aliphatic heterocycles. The first-order chi connectivity index (χ1) is 15.3. The molecule has 12 heteroatoms. The lowest BCUT2D eigenvalue weighted by Gasteiger charge is -2.33. The molecule has 172 valence electrons. The number of nitrogens with one attached hydrogen (secondary N) is 3. The Morgan fingerprint density at radius 2 is 1.97 bits per heavy atom. The molecule has 0 aliphatic carbocycles. The van der Waals surface area contributed by atoms with Gasteiger partial charge in [-0.2, -0.15) is 0 Å². The number of amides is 2. The normalized spacial score (nSPS) is 17.5. The highest BCUT2D eigenvalue weighted by atomic mass is 32.2. The van der Waals surface area contributed by atoms with Gasteiger partial charge in [-0.3, -0.25) is 14.6 Å². The van der Waals surface area contributed by atoms with Crippen LogP contribution in [0, 0.1) is 17.5 Å². The number of aromatic nitrogens is 1. The summed E-state index contributed by atoms with van der Waals surface area (Å²) in [6.07, 6.45) is 3.21. The van der Waals surface area contributed by atoms with E-state index >= 15 is 0 Å². The number of carbonyl (C=O) groups excluding carboxylic acids is 2. The average Bonchev–Trinajstić information content (AvgIpc) is 2.79. The van der Waals surface area contributed by atoms with Gasteiger partial charge >= 0.3 is 0 Å². The first kappa shape index (κ1) is 23.8. The molecule has 1 aromatic heterocycles. The number of nitrogens with zero attached hydrogens (tertiary/aromatic N) is 2. The van der Waals surface area contributed by atoms with Crippen LogP contribution in [0.25, 0.3) is 0 Å².